The Bertz CT molecular complexity index is 508. The van der Waals surface area contributed by atoms with Gasteiger partial charge in [0.15, 0.2) is 0 Å². The van der Waals surface area contributed by atoms with Gasteiger partial charge in [-0.05, 0) is 25.8 Å². The fourth-order valence-electron chi connectivity index (χ4n) is 1.94. The molecule has 2 heterocycles. The van der Waals surface area contributed by atoms with E-state index in [-0.39, 0.29) is 5.56 Å². The van der Waals surface area contributed by atoms with Crippen LogP contribution in [0.15, 0.2) is 4.79 Å². The summed E-state index contributed by atoms with van der Waals surface area (Å²) in [6.45, 7) is 5.14. The van der Waals surface area contributed by atoms with Gasteiger partial charge in [0.1, 0.15) is 11.9 Å². The maximum absolute atomic E-state index is 11.9. The normalized spacial score (nSPS) is 13.9. The van der Waals surface area contributed by atoms with Crippen LogP contribution in [0, 0.1) is 25.2 Å². The first kappa shape index (κ1) is 9.78. The average Bonchev–Trinajstić information content (AvgIpc) is 2.27. The van der Waals surface area contributed by atoms with Crippen molar-refractivity contribution in [2.24, 2.45) is 0 Å². The molecule has 0 saturated carbocycles. The van der Waals surface area contributed by atoms with Gasteiger partial charge < -0.3 is 5.32 Å². The summed E-state index contributed by atoms with van der Waals surface area (Å²) < 4.78 is 1.67. The minimum Gasteiger partial charge on any atom is -0.370 e. The molecule has 15 heavy (non-hydrogen) atoms. The molecular formula is C11H13N3O. The fourth-order valence-corrected chi connectivity index (χ4v) is 1.94. The van der Waals surface area contributed by atoms with Gasteiger partial charge in [-0.2, -0.15) is 5.26 Å². The predicted molar refractivity (Wildman–Crippen MR) is 58.0 cm³/mol. The molecule has 0 spiro atoms. The molecule has 0 bridgehead atoms. The van der Waals surface area contributed by atoms with E-state index in [1.54, 1.807) is 11.5 Å². The molecule has 0 radical (unpaired) electrons. The zero-order chi connectivity index (χ0) is 11.0. The Labute approximate surface area is 88.1 Å². The van der Waals surface area contributed by atoms with Crippen LogP contribution in [0.4, 0.5) is 5.82 Å². The molecule has 0 amide bonds. The number of hydrogen-bond donors (Lipinski definition) is 1. The summed E-state index contributed by atoms with van der Waals surface area (Å²) in [7, 11) is 0. The minimum absolute atomic E-state index is 0.0219. The lowest BCUT2D eigenvalue weighted by molar-refractivity contribution is 0.604. The second kappa shape index (κ2) is 3.43. The Morgan fingerprint density at radius 3 is 2.80 bits per heavy atom. The first-order valence-corrected chi connectivity index (χ1v) is 5.04. The van der Waals surface area contributed by atoms with Crippen molar-refractivity contribution in [2.45, 2.75) is 26.8 Å². The topological polar surface area (TPSA) is 57.8 Å². The molecule has 0 saturated heterocycles. The second-order valence-electron chi connectivity index (χ2n) is 3.82. The summed E-state index contributed by atoms with van der Waals surface area (Å²) in [5.41, 5.74) is 2.10. The van der Waals surface area contributed by atoms with E-state index in [0.717, 1.165) is 18.5 Å². The van der Waals surface area contributed by atoms with Crippen molar-refractivity contribution in [3.05, 3.63) is 27.0 Å². The predicted octanol–water partition coefficient (Wildman–Crippen LogP) is 1.15. The van der Waals surface area contributed by atoms with Crippen LogP contribution in [0.25, 0.3) is 0 Å². The van der Waals surface area contributed by atoms with Gasteiger partial charge in [-0.1, -0.05) is 0 Å². The summed E-state index contributed by atoms with van der Waals surface area (Å²) in [6, 6.07) is 2.17. The molecule has 0 unspecified atom stereocenters. The molecule has 1 N–H and O–H groups in total. The second-order valence-corrected chi connectivity index (χ2v) is 3.82. The SMILES string of the molecule is Cc1c(C#N)c2n(c(=O)c1C)CCCN2. The van der Waals surface area contributed by atoms with Crippen molar-refractivity contribution in [3.8, 4) is 6.07 Å². The van der Waals surface area contributed by atoms with Crippen molar-refractivity contribution in [2.75, 3.05) is 11.9 Å². The van der Waals surface area contributed by atoms with Gasteiger partial charge in [-0.15, -0.1) is 0 Å². The summed E-state index contributed by atoms with van der Waals surface area (Å²) >= 11 is 0. The number of aromatic nitrogens is 1. The zero-order valence-corrected chi connectivity index (χ0v) is 8.92. The number of nitrogens with zero attached hydrogens (tertiary/aromatic N) is 2. The van der Waals surface area contributed by atoms with Gasteiger partial charge >= 0.3 is 0 Å². The van der Waals surface area contributed by atoms with Gasteiger partial charge in [-0.25, -0.2) is 0 Å². The molecule has 0 atom stereocenters. The maximum atomic E-state index is 11.9. The van der Waals surface area contributed by atoms with Crippen LogP contribution in [-0.2, 0) is 6.54 Å². The highest BCUT2D eigenvalue weighted by Crippen LogP contribution is 2.21. The lowest BCUT2D eigenvalue weighted by Gasteiger charge is -2.23. The van der Waals surface area contributed by atoms with Crippen LogP contribution in [-0.4, -0.2) is 11.1 Å². The number of fused-ring (bicyclic) bond motifs is 1. The van der Waals surface area contributed by atoms with E-state index >= 15 is 0 Å². The molecular weight excluding hydrogens is 190 g/mol. The third kappa shape index (κ3) is 1.32. The van der Waals surface area contributed by atoms with Crippen molar-refractivity contribution >= 4 is 5.82 Å². The molecule has 1 aromatic rings. The van der Waals surface area contributed by atoms with Crippen LogP contribution < -0.4 is 10.9 Å². The molecule has 0 fully saturated rings. The van der Waals surface area contributed by atoms with Gasteiger partial charge in [0.25, 0.3) is 5.56 Å². The Balaban J connectivity index is 2.84. The zero-order valence-electron chi connectivity index (χ0n) is 8.92. The number of pyridine rings is 1. The van der Waals surface area contributed by atoms with E-state index in [0.29, 0.717) is 23.5 Å². The van der Waals surface area contributed by atoms with E-state index in [2.05, 4.69) is 11.4 Å². The minimum atomic E-state index is 0.0219. The number of nitrogens with one attached hydrogen (secondary N) is 1. The molecule has 78 valence electrons. The summed E-state index contributed by atoms with van der Waals surface area (Å²) in [5, 5.41) is 12.2. The third-order valence-corrected chi connectivity index (χ3v) is 2.97. The Morgan fingerprint density at radius 2 is 2.13 bits per heavy atom. The van der Waals surface area contributed by atoms with Gasteiger partial charge in [0.05, 0.1) is 5.56 Å². The number of hydrogen-bond acceptors (Lipinski definition) is 3. The van der Waals surface area contributed by atoms with Crippen LogP contribution in [0.1, 0.15) is 23.1 Å². The number of nitriles is 1. The van der Waals surface area contributed by atoms with Crippen molar-refractivity contribution in [1.82, 2.24) is 4.57 Å². The molecule has 1 aliphatic rings. The maximum Gasteiger partial charge on any atom is 0.255 e. The lowest BCUT2D eigenvalue weighted by atomic mass is 10.1. The highest BCUT2D eigenvalue weighted by molar-refractivity contribution is 5.58. The summed E-state index contributed by atoms with van der Waals surface area (Å²) in [5.74, 6) is 0.692. The summed E-state index contributed by atoms with van der Waals surface area (Å²) in [6.07, 6.45) is 0.931. The van der Waals surface area contributed by atoms with Crippen LogP contribution in [0.2, 0.25) is 0 Å². The largest absolute Gasteiger partial charge is 0.370 e. The van der Waals surface area contributed by atoms with Crippen LogP contribution in [0.5, 0.6) is 0 Å². The van der Waals surface area contributed by atoms with Gasteiger partial charge in [0.2, 0.25) is 0 Å². The molecule has 2 rings (SSSR count). The first-order valence-electron chi connectivity index (χ1n) is 5.04. The van der Waals surface area contributed by atoms with Crippen molar-refractivity contribution in [1.29, 1.82) is 5.26 Å². The molecule has 0 aliphatic carbocycles. The average molecular weight is 203 g/mol. The van der Waals surface area contributed by atoms with Crippen molar-refractivity contribution in [3.63, 3.8) is 0 Å². The van der Waals surface area contributed by atoms with E-state index in [1.165, 1.54) is 0 Å². The van der Waals surface area contributed by atoms with Crippen molar-refractivity contribution < 1.29 is 0 Å². The highest BCUT2D eigenvalue weighted by Gasteiger charge is 2.18. The van der Waals surface area contributed by atoms with E-state index in [4.69, 9.17) is 5.26 Å². The van der Waals surface area contributed by atoms with Gasteiger partial charge in [0, 0.05) is 18.7 Å². The Hall–Kier alpha value is -1.76. The first-order chi connectivity index (χ1) is 7.16. The molecule has 1 aromatic heterocycles. The van der Waals surface area contributed by atoms with E-state index in [1.807, 2.05) is 6.92 Å². The summed E-state index contributed by atoms with van der Waals surface area (Å²) in [4.78, 5) is 11.9. The number of rotatable bonds is 0. The van der Waals surface area contributed by atoms with Crippen LogP contribution in [0.3, 0.4) is 0 Å². The van der Waals surface area contributed by atoms with Gasteiger partial charge in [-0.3, -0.25) is 9.36 Å². The lowest BCUT2D eigenvalue weighted by Crippen LogP contribution is -2.32. The molecule has 4 nitrogen and oxygen atoms in total. The monoisotopic (exact) mass is 203 g/mol. The highest BCUT2D eigenvalue weighted by atomic mass is 16.1. The molecule has 4 heteroatoms. The Kier molecular flexibility index (Phi) is 2.24. The third-order valence-electron chi connectivity index (χ3n) is 2.97. The molecule has 1 aliphatic heterocycles. The van der Waals surface area contributed by atoms with Crippen LogP contribution >= 0.6 is 0 Å². The number of anilines is 1. The fraction of sp³-hybridized carbons (Fsp3) is 0.455. The quantitative estimate of drug-likeness (QED) is 0.688. The van der Waals surface area contributed by atoms with E-state index in [9.17, 15) is 4.79 Å². The van der Waals surface area contributed by atoms with E-state index < -0.39 is 0 Å². The Morgan fingerprint density at radius 1 is 1.40 bits per heavy atom. The smallest absolute Gasteiger partial charge is 0.255 e. The molecule has 0 aromatic carbocycles. The standard InChI is InChI=1S/C11H13N3O/c1-7-8(2)11(15)14-5-3-4-13-10(14)9(7)6-12/h13H,3-5H2,1-2H3.